The van der Waals surface area contributed by atoms with Crippen molar-refractivity contribution in [2.24, 2.45) is 4.99 Å². The quantitative estimate of drug-likeness (QED) is 0.571. The van der Waals surface area contributed by atoms with Crippen LogP contribution in [0.25, 0.3) is 0 Å². The minimum atomic E-state index is -0.0489. The van der Waals surface area contributed by atoms with Gasteiger partial charge in [0.1, 0.15) is 5.82 Å². The Morgan fingerprint density at radius 3 is 2.41 bits per heavy atom. The van der Waals surface area contributed by atoms with E-state index in [0.29, 0.717) is 25.4 Å². The lowest BCUT2D eigenvalue weighted by molar-refractivity contribution is 0.0657. The van der Waals surface area contributed by atoms with Gasteiger partial charge in [-0.25, -0.2) is 9.98 Å². The zero-order chi connectivity index (χ0) is 22.2. The van der Waals surface area contributed by atoms with E-state index >= 15 is 0 Å². The Morgan fingerprint density at radius 2 is 1.78 bits per heavy atom. The van der Waals surface area contributed by atoms with Crippen LogP contribution in [0, 0.1) is 0 Å². The van der Waals surface area contributed by atoms with Crippen LogP contribution in [0.4, 0.5) is 5.82 Å². The number of carbonyl (C=O) groups excluding carboxylic acids is 1. The first-order valence-electron chi connectivity index (χ1n) is 11.8. The van der Waals surface area contributed by atoms with Gasteiger partial charge in [0.05, 0.1) is 12.8 Å². The van der Waals surface area contributed by atoms with Gasteiger partial charge in [0.2, 0.25) is 0 Å². The van der Waals surface area contributed by atoms with Crippen molar-refractivity contribution in [1.82, 2.24) is 20.1 Å². The number of amides is 1. The Bertz CT molecular complexity index is 864. The summed E-state index contributed by atoms with van der Waals surface area (Å²) in [6.07, 6.45) is 8.63. The molecule has 1 N–H and O–H groups in total. The zero-order valence-corrected chi connectivity index (χ0v) is 19.0. The molecule has 0 aliphatic carbocycles. The first-order chi connectivity index (χ1) is 15.7. The van der Waals surface area contributed by atoms with Crippen LogP contribution in [0.3, 0.4) is 0 Å². The zero-order valence-electron chi connectivity index (χ0n) is 19.0. The molecule has 8 nitrogen and oxygen atoms in total. The van der Waals surface area contributed by atoms with Crippen LogP contribution in [0.5, 0.6) is 0 Å². The van der Waals surface area contributed by atoms with Crippen LogP contribution in [-0.4, -0.2) is 72.5 Å². The van der Waals surface area contributed by atoms with E-state index in [2.05, 4.69) is 34.2 Å². The Hall–Kier alpha value is -3.03. The van der Waals surface area contributed by atoms with E-state index in [1.807, 2.05) is 11.1 Å². The van der Waals surface area contributed by atoms with E-state index in [-0.39, 0.29) is 5.91 Å². The third-order valence-electron chi connectivity index (χ3n) is 6.08. The number of guanidine groups is 1. The van der Waals surface area contributed by atoms with E-state index in [1.54, 1.807) is 12.1 Å². The number of nitrogens with one attached hydrogen (secondary N) is 1. The number of hydrogen-bond donors (Lipinski definition) is 1. The Balaban J connectivity index is 1.33. The van der Waals surface area contributed by atoms with Gasteiger partial charge in [0.15, 0.2) is 11.7 Å². The highest BCUT2D eigenvalue weighted by Gasteiger charge is 2.25. The highest BCUT2D eigenvalue weighted by molar-refractivity contribution is 5.91. The fourth-order valence-corrected chi connectivity index (χ4v) is 4.27. The van der Waals surface area contributed by atoms with Crippen LogP contribution < -0.4 is 10.2 Å². The highest BCUT2D eigenvalue weighted by atomic mass is 16.3. The molecule has 2 aromatic rings. The van der Waals surface area contributed by atoms with Gasteiger partial charge in [-0.15, -0.1) is 0 Å². The molecule has 2 fully saturated rings. The van der Waals surface area contributed by atoms with Crippen LogP contribution in [0.1, 0.15) is 48.7 Å². The molecular weight excluding hydrogens is 404 g/mol. The minimum Gasteiger partial charge on any atom is -0.459 e. The summed E-state index contributed by atoms with van der Waals surface area (Å²) < 4.78 is 5.25. The molecule has 0 bridgehead atoms. The molecule has 2 aliphatic heterocycles. The molecule has 1 amide bonds. The third kappa shape index (κ3) is 5.60. The standard InChI is InChI=1S/C24H34N6O2/c1-2-25-24(30-15-13-29(14-16-30)23(31)21-8-7-17-32-21)27-19-20-9-10-22(26-18-20)28-11-5-3-4-6-12-28/h7-10,17-18H,2-6,11-16,19H2,1H3,(H,25,27). The van der Waals surface area contributed by atoms with Crippen molar-refractivity contribution in [2.45, 2.75) is 39.2 Å². The van der Waals surface area contributed by atoms with Crippen molar-refractivity contribution in [3.63, 3.8) is 0 Å². The average Bonchev–Trinajstić information content (AvgIpc) is 3.24. The normalized spacial score (nSPS) is 17.9. The smallest absolute Gasteiger partial charge is 0.289 e. The second-order valence-electron chi connectivity index (χ2n) is 8.35. The first-order valence-corrected chi connectivity index (χ1v) is 11.8. The number of pyridine rings is 1. The summed E-state index contributed by atoms with van der Waals surface area (Å²) in [6, 6.07) is 7.73. The van der Waals surface area contributed by atoms with Gasteiger partial charge in [-0.2, -0.15) is 0 Å². The van der Waals surface area contributed by atoms with Gasteiger partial charge < -0.3 is 24.4 Å². The van der Waals surface area contributed by atoms with Crippen molar-refractivity contribution in [1.29, 1.82) is 0 Å². The number of aromatic nitrogens is 1. The van der Waals surface area contributed by atoms with Crippen molar-refractivity contribution in [3.05, 3.63) is 48.0 Å². The first kappa shape index (κ1) is 22.2. The highest BCUT2D eigenvalue weighted by Crippen LogP contribution is 2.18. The third-order valence-corrected chi connectivity index (χ3v) is 6.08. The van der Waals surface area contributed by atoms with Crippen molar-refractivity contribution in [2.75, 3.05) is 50.7 Å². The van der Waals surface area contributed by atoms with Gasteiger partial charge in [-0.3, -0.25) is 4.79 Å². The largest absolute Gasteiger partial charge is 0.459 e. The summed E-state index contributed by atoms with van der Waals surface area (Å²) in [7, 11) is 0. The molecule has 0 radical (unpaired) electrons. The van der Waals surface area contributed by atoms with Crippen molar-refractivity contribution in [3.8, 4) is 0 Å². The predicted molar refractivity (Wildman–Crippen MR) is 126 cm³/mol. The summed E-state index contributed by atoms with van der Waals surface area (Å²) in [5, 5.41) is 3.39. The van der Waals surface area contributed by atoms with E-state index < -0.39 is 0 Å². The van der Waals surface area contributed by atoms with Gasteiger partial charge in [-0.05, 0) is 43.5 Å². The molecule has 4 heterocycles. The molecule has 172 valence electrons. The Morgan fingerprint density at radius 1 is 1.03 bits per heavy atom. The average molecular weight is 439 g/mol. The Labute approximate surface area is 190 Å². The number of rotatable bonds is 5. The van der Waals surface area contributed by atoms with Gasteiger partial charge in [-0.1, -0.05) is 18.9 Å². The second kappa shape index (κ2) is 11.0. The van der Waals surface area contributed by atoms with E-state index in [4.69, 9.17) is 14.4 Å². The lowest BCUT2D eigenvalue weighted by Gasteiger charge is -2.36. The van der Waals surface area contributed by atoms with E-state index in [9.17, 15) is 4.79 Å². The van der Waals surface area contributed by atoms with Crippen molar-refractivity contribution < 1.29 is 9.21 Å². The summed E-state index contributed by atoms with van der Waals surface area (Å²) in [6.45, 7) is 8.44. The molecule has 4 rings (SSSR count). The Kier molecular flexibility index (Phi) is 7.64. The summed E-state index contributed by atoms with van der Waals surface area (Å²) in [5.41, 5.74) is 1.10. The maximum Gasteiger partial charge on any atom is 0.289 e. The molecule has 2 saturated heterocycles. The summed E-state index contributed by atoms with van der Waals surface area (Å²) in [4.78, 5) is 28.5. The second-order valence-corrected chi connectivity index (χ2v) is 8.35. The number of nitrogens with zero attached hydrogens (tertiary/aromatic N) is 5. The molecule has 0 aromatic carbocycles. The van der Waals surface area contributed by atoms with Crippen molar-refractivity contribution >= 4 is 17.7 Å². The van der Waals surface area contributed by atoms with Crippen LogP contribution >= 0.6 is 0 Å². The SMILES string of the molecule is CCNC(=NCc1ccc(N2CCCCCC2)nc1)N1CCN(C(=O)c2ccco2)CC1. The van der Waals surface area contributed by atoms with Crippen LogP contribution in [0.2, 0.25) is 0 Å². The number of aliphatic imine (C=N–C) groups is 1. The maximum absolute atomic E-state index is 12.5. The number of carbonyl (C=O) groups is 1. The molecule has 0 saturated carbocycles. The molecule has 32 heavy (non-hydrogen) atoms. The fraction of sp³-hybridized carbons (Fsp3) is 0.542. The molecular formula is C24H34N6O2. The van der Waals surface area contributed by atoms with Gasteiger partial charge >= 0.3 is 0 Å². The summed E-state index contributed by atoms with van der Waals surface area (Å²) >= 11 is 0. The number of furan rings is 1. The monoisotopic (exact) mass is 438 g/mol. The lowest BCUT2D eigenvalue weighted by atomic mass is 10.2. The van der Waals surface area contributed by atoms with Gasteiger partial charge in [0.25, 0.3) is 5.91 Å². The van der Waals surface area contributed by atoms with Gasteiger partial charge in [0, 0.05) is 52.0 Å². The number of piperazine rings is 1. The summed E-state index contributed by atoms with van der Waals surface area (Å²) in [5.74, 6) is 2.31. The van der Waals surface area contributed by atoms with Crippen LogP contribution in [-0.2, 0) is 6.54 Å². The molecule has 8 heteroatoms. The lowest BCUT2D eigenvalue weighted by Crippen LogP contribution is -2.53. The maximum atomic E-state index is 12.5. The molecule has 2 aromatic heterocycles. The van der Waals surface area contributed by atoms with E-state index in [0.717, 1.165) is 50.1 Å². The topological polar surface area (TPSA) is 77.2 Å². The molecule has 0 spiro atoms. The molecule has 0 unspecified atom stereocenters. The molecule has 2 aliphatic rings. The van der Waals surface area contributed by atoms with E-state index in [1.165, 1.54) is 31.9 Å². The number of hydrogen-bond acceptors (Lipinski definition) is 5. The number of anilines is 1. The fourth-order valence-electron chi connectivity index (χ4n) is 4.27. The predicted octanol–water partition coefficient (Wildman–Crippen LogP) is 2.98. The van der Waals surface area contributed by atoms with Crippen LogP contribution in [0.15, 0.2) is 46.1 Å². The molecule has 0 atom stereocenters. The minimum absolute atomic E-state index is 0.0489.